The van der Waals surface area contributed by atoms with Crippen LogP contribution in [-0.4, -0.2) is 85.7 Å². The first-order valence-electron chi connectivity index (χ1n) is 24.0. The number of hydrogen-bond acceptors (Lipinski definition) is 15. The summed E-state index contributed by atoms with van der Waals surface area (Å²) in [6.07, 6.45) is 23.3. The molecule has 0 saturated carbocycles. The molecule has 2 heterocycles. The van der Waals surface area contributed by atoms with Gasteiger partial charge in [0.1, 0.15) is 30.7 Å². The van der Waals surface area contributed by atoms with Gasteiger partial charge in [-0.15, -0.1) is 0 Å². The maximum absolute atomic E-state index is 12.8. The monoisotopic (exact) mass is 954 g/mol. The highest BCUT2D eigenvalue weighted by molar-refractivity contribution is 7.61. The summed E-state index contributed by atoms with van der Waals surface area (Å²) in [5.74, 6) is -1.28. The number of nitrogen functional groups attached to an aromatic ring is 1. The lowest BCUT2D eigenvalue weighted by molar-refractivity contribution is -0.161. The lowest BCUT2D eigenvalue weighted by Gasteiger charge is -2.21. The van der Waals surface area contributed by atoms with Crippen LogP contribution in [0.4, 0.5) is 5.82 Å². The van der Waals surface area contributed by atoms with E-state index in [4.69, 9.17) is 29.0 Å². The average molecular weight is 954 g/mol. The summed E-state index contributed by atoms with van der Waals surface area (Å²) in [5.41, 5.74) is 4.58. The lowest BCUT2D eigenvalue weighted by Crippen LogP contribution is -2.36. The third-order valence-corrected chi connectivity index (χ3v) is 13.8. The number of nitrogens with zero attached hydrogens (tertiary/aromatic N) is 2. The van der Waals surface area contributed by atoms with Gasteiger partial charge < -0.3 is 39.9 Å². The molecule has 0 spiro atoms. The molecule has 0 radical (unpaired) electrons. The Bertz CT molecular complexity index is 1570. The minimum atomic E-state index is -5.41. The van der Waals surface area contributed by atoms with Gasteiger partial charge in [0.05, 0.1) is 13.2 Å². The van der Waals surface area contributed by atoms with E-state index >= 15 is 0 Å². The molecule has 3 unspecified atom stereocenters. The van der Waals surface area contributed by atoms with E-state index in [0.717, 1.165) is 55.9 Å². The van der Waals surface area contributed by atoms with Gasteiger partial charge in [-0.25, -0.2) is 13.9 Å². The van der Waals surface area contributed by atoms with Crippen LogP contribution in [0.2, 0.25) is 0 Å². The highest BCUT2D eigenvalue weighted by Gasteiger charge is 2.46. The molecule has 1 fully saturated rings. The van der Waals surface area contributed by atoms with Crippen molar-refractivity contribution in [1.29, 1.82) is 0 Å². The summed E-state index contributed by atoms with van der Waals surface area (Å²) >= 11 is 0. The summed E-state index contributed by atoms with van der Waals surface area (Å²) in [6, 6.07) is 1.25. The number of hydrogen-bond donors (Lipinski definition) is 5. The largest absolute Gasteiger partial charge is 0.481 e. The second-order valence-corrected chi connectivity index (χ2v) is 20.0. The Balaban J connectivity index is 1.82. The predicted octanol–water partition coefficient (Wildman–Crippen LogP) is 9.11. The van der Waals surface area contributed by atoms with E-state index in [2.05, 4.69) is 23.1 Å². The summed E-state index contributed by atoms with van der Waals surface area (Å²) in [5, 5.41) is 20.9. The molecule has 0 aromatic carbocycles. The van der Waals surface area contributed by atoms with Gasteiger partial charge in [-0.2, -0.15) is 9.29 Å². The fourth-order valence-corrected chi connectivity index (χ4v) is 9.54. The van der Waals surface area contributed by atoms with Gasteiger partial charge in [0.25, 0.3) is 0 Å². The van der Waals surface area contributed by atoms with Gasteiger partial charge in [0, 0.05) is 19.0 Å². The molecular weight excluding hydrogens is 872 g/mol. The van der Waals surface area contributed by atoms with E-state index in [1.54, 1.807) is 0 Å². The molecule has 1 saturated heterocycles. The molecule has 20 heteroatoms. The second-order valence-electron chi connectivity index (χ2n) is 17.0. The van der Waals surface area contributed by atoms with Gasteiger partial charge in [-0.3, -0.25) is 23.2 Å². The summed E-state index contributed by atoms with van der Waals surface area (Å²) in [6.45, 7) is 2.16. The number of aromatic nitrogens is 2. The fourth-order valence-electron chi connectivity index (χ4n) is 7.43. The number of esters is 2. The molecule has 0 aliphatic carbocycles. The van der Waals surface area contributed by atoms with Crippen LogP contribution in [0.3, 0.4) is 0 Å². The second kappa shape index (κ2) is 34.1. The first-order chi connectivity index (χ1) is 30.7. The van der Waals surface area contributed by atoms with E-state index in [-0.39, 0.29) is 18.7 Å². The van der Waals surface area contributed by atoms with Crippen LogP contribution in [-0.2, 0) is 46.3 Å². The molecule has 372 valence electrons. The van der Waals surface area contributed by atoms with Crippen LogP contribution in [0, 0.1) is 0 Å². The van der Waals surface area contributed by atoms with Gasteiger partial charge in [0.15, 0.2) is 12.3 Å². The maximum atomic E-state index is 12.8. The Labute approximate surface area is 380 Å². The number of aliphatic hydroxyl groups is 2. The average Bonchev–Trinajstić information content (AvgIpc) is 3.52. The Kier molecular flexibility index (Phi) is 30.9. The van der Waals surface area contributed by atoms with Crippen molar-refractivity contribution in [2.75, 3.05) is 25.6 Å². The number of carbonyl (C=O) groups is 2. The highest BCUT2D eigenvalue weighted by Crippen LogP contribution is 2.60. The molecule has 0 amide bonds. The molecule has 6 N–H and O–H groups in total. The third-order valence-electron chi connectivity index (χ3n) is 11.2. The van der Waals surface area contributed by atoms with E-state index in [9.17, 15) is 43.5 Å². The van der Waals surface area contributed by atoms with Crippen molar-refractivity contribution >= 4 is 33.4 Å². The number of anilines is 1. The Morgan fingerprint density at radius 2 is 1.12 bits per heavy atom. The van der Waals surface area contributed by atoms with Crippen molar-refractivity contribution in [1.82, 2.24) is 9.55 Å². The molecule has 7 atom stereocenters. The standard InChI is InChI=1S/C44H81N3O15P2/c1-3-5-7-9-11-13-15-17-19-21-23-25-27-29-39(48)57-33-36(60-40(49)30-28-26-24-22-20-18-16-14-12-10-8-6-4-2)34-58-63(53,54)62-64(55,56)59-35-37-41(50)42(51)43(61-37)47-32-31-38(45)46-44(47)52/h31-32,36-37,41-43,50-51H,3-30,33-35H2,1-2H3,(H,53,54)(H,55,56)(H2,45,46,52)/t36-,37-,41?,42+,43-/m1/s1. The number of unbranched alkanes of at least 4 members (excludes halogenated alkanes) is 24. The topological polar surface area (TPSA) is 265 Å². The zero-order chi connectivity index (χ0) is 47.1. The number of phosphoric acid groups is 2. The van der Waals surface area contributed by atoms with Gasteiger partial charge in [-0.1, -0.05) is 168 Å². The Hall–Kier alpha value is -2.24. The molecule has 1 aromatic rings. The first kappa shape index (κ1) is 57.9. The highest BCUT2D eigenvalue weighted by atomic mass is 31.3. The number of ether oxygens (including phenoxy) is 3. The molecule has 18 nitrogen and oxygen atoms in total. The van der Waals surface area contributed by atoms with Crippen LogP contribution < -0.4 is 11.4 Å². The van der Waals surface area contributed by atoms with Crippen molar-refractivity contribution in [3.63, 3.8) is 0 Å². The van der Waals surface area contributed by atoms with Crippen LogP contribution in [0.15, 0.2) is 17.1 Å². The third kappa shape index (κ3) is 26.8. The van der Waals surface area contributed by atoms with Crippen molar-refractivity contribution in [2.45, 2.75) is 224 Å². The van der Waals surface area contributed by atoms with E-state index in [0.29, 0.717) is 12.8 Å². The van der Waals surface area contributed by atoms with Crippen molar-refractivity contribution in [3.8, 4) is 0 Å². The van der Waals surface area contributed by atoms with Gasteiger partial charge in [0.2, 0.25) is 0 Å². The van der Waals surface area contributed by atoms with Crippen LogP contribution >= 0.6 is 15.6 Å². The predicted molar refractivity (Wildman–Crippen MR) is 243 cm³/mol. The molecule has 1 aliphatic heterocycles. The normalized spacial score (nSPS) is 19.8. The van der Waals surface area contributed by atoms with E-state index < -0.39 is 83.7 Å². The smallest absolute Gasteiger partial charge is 0.462 e. The Morgan fingerprint density at radius 1 is 0.688 bits per heavy atom. The molecule has 1 aliphatic rings. The first-order valence-corrected chi connectivity index (χ1v) is 27.0. The number of aliphatic hydroxyl groups excluding tert-OH is 2. The Morgan fingerprint density at radius 3 is 1.59 bits per heavy atom. The minimum absolute atomic E-state index is 0.0578. The SMILES string of the molecule is CCCCCCCCCCCCCCCC(=O)OC[C@H](COP(=O)(O)OP(=O)(O)OC[C@H]1O[C@@H](n2ccc(N)nc2=O)[C@@H](O)C1O)OC(=O)CCCCCCCCCCCCCCC. The van der Waals surface area contributed by atoms with Crippen LogP contribution in [0.5, 0.6) is 0 Å². The van der Waals surface area contributed by atoms with Gasteiger partial charge >= 0.3 is 33.3 Å². The zero-order valence-corrected chi connectivity index (χ0v) is 40.4. The number of phosphoric ester groups is 2. The number of nitrogens with two attached hydrogens (primary N) is 1. The maximum Gasteiger partial charge on any atom is 0.481 e. The minimum Gasteiger partial charge on any atom is -0.462 e. The lowest BCUT2D eigenvalue weighted by atomic mass is 10.0. The fraction of sp³-hybridized carbons (Fsp3) is 0.864. The summed E-state index contributed by atoms with van der Waals surface area (Å²) < 4.78 is 56.7. The van der Waals surface area contributed by atoms with Crippen LogP contribution in [0.25, 0.3) is 0 Å². The number of rotatable bonds is 40. The van der Waals surface area contributed by atoms with Crippen LogP contribution in [0.1, 0.15) is 200 Å². The number of carbonyl (C=O) groups excluding carboxylic acids is 2. The summed E-state index contributed by atoms with van der Waals surface area (Å²) in [7, 11) is -10.8. The molecule has 1 aromatic heterocycles. The molecular formula is C44H81N3O15P2. The van der Waals surface area contributed by atoms with Crippen molar-refractivity contribution in [3.05, 3.63) is 22.7 Å². The summed E-state index contributed by atoms with van der Waals surface area (Å²) in [4.78, 5) is 61.7. The molecule has 64 heavy (non-hydrogen) atoms. The molecule has 0 bridgehead atoms. The quantitative estimate of drug-likeness (QED) is 0.0233. The van der Waals surface area contributed by atoms with E-state index in [1.807, 2.05) is 0 Å². The van der Waals surface area contributed by atoms with Gasteiger partial charge in [-0.05, 0) is 18.9 Å². The molecule has 2 rings (SSSR count). The van der Waals surface area contributed by atoms with E-state index in [1.165, 1.54) is 115 Å². The van der Waals surface area contributed by atoms with Crippen molar-refractivity contribution < 1.29 is 66.3 Å². The van der Waals surface area contributed by atoms with Crippen molar-refractivity contribution in [2.24, 2.45) is 0 Å². The zero-order valence-electron chi connectivity index (χ0n) is 38.6.